The first-order valence-corrected chi connectivity index (χ1v) is 7.94. The Hall–Kier alpha value is -1.32. The van der Waals surface area contributed by atoms with Gasteiger partial charge in [-0.15, -0.1) is 0 Å². The van der Waals surface area contributed by atoms with Gasteiger partial charge in [-0.1, -0.05) is 0 Å². The van der Waals surface area contributed by atoms with Crippen LogP contribution in [0.1, 0.15) is 0 Å². The highest BCUT2D eigenvalue weighted by molar-refractivity contribution is 14.1. The van der Waals surface area contributed by atoms with Gasteiger partial charge in [-0.05, 0) is 65.1 Å². The maximum absolute atomic E-state index is 11.2. The Kier molecular flexibility index (Phi) is 3.97. The van der Waals surface area contributed by atoms with E-state index in [1.807, 2.05) is 24.3 Å². The molecule has 19 heavy (non-hydrogen) atoms. The molecule has 0 unspecified atom stereocenters. The van der Waals surface area contributed by atoms with Crippen LogP contribution in [0.15, 0.2) is 47.4 Å². The van der Waals surface area contributed by atoms with Crippen LogP contribution in [0.3, 0.4) is 0 Å². The van der Waals surface area contributed by atoms with Crippen molar-refractivity contribution in [2.75, 3.05) is 11.1 Å². The van der Waals surface area contributed by atoms with Crippen LogP contribution in [-0.2, 0) is 10.0 Å². The molecule has 0 bridgehead atoms. The van der Waals surface area contributed by atoms with Crippen molar-refractivity contribution in [3.8, 4) is 0 Å². The summed E-state index contributed by atoms with van der Waals surface area (Å²) in [7, 11) is -3.73. The number of nitrogens with two attached hydrogens (primary N) is 2. The molecule has 0 amide bonds. The molecular weight excluding hydrogens is 377 g/mol. The second kappa shape index (κ2) is 5.35. The largest absolute Gasteiger partial charge is 0.397 e. The second-order valence-electron chi connectivity index (χ2n) is 3.93. The summed E-state index contributed by atoms with van der Waals surface area (Å²) in [6.07, 6.45) is 0. The number of primary sulfonamides is 1. The quantitative estimate of drug-likeness (QED) is 0.554. The molecule has 0 aliphatic carbocycles. The highest BCUT2D eigenvalue weighted by Gasteiger charge is 2.10. The van der Waals surface area contributed by atoms with Gasteiger partial charge in [0.05, 0.1) is 16.3 Å². The van der Waals surface area contributed by atoms with Gasteiger partial charge in [-0.2, -0.15) is 0 Å². The normalized spacial score (nSPS) is 11.3. The number of halogens is 1. The lowest BCUT2D eigenvalue weighted by Crippen LogP contribution is -2.12. The fraction of sp³-hybridized carbons (Fsp3) is 0. The Morgan fingerprint density at radius 2 is 1.68 bits per heavy atom. The molecule has 0 spiro atoms. The van der Waals surface area contributed by atoms with Crippen molar-refractivity contribution in [1.82, 2.24) is 0 Å². The van der Waals surface area contributed by atoms with Crippen molar-refractivity contribution >= 4 is 49.7 Å². The lowest BCUT2D eigenvalue weighted by atomic mass is 10.2. The fourth-order valence-electron chi connectivity index (χ4n) is 1.52. The molecule has 2 aromatic carbocycles. The van der Waals surface area contributed by atoms with Crippen molar-refractivity contribution in [3.63, 3.8) is 0 Å². The minimum absolute atomic E-state index is 0.00170. The molecule has 7 heteroatoms. The number of rotatable bonds is 3. The van der Waals surface area contributed by atoms with Gasteiger partial charge in [0, 0.05) is 9.26 Å². The van der Waals surface area contributed by atoms with E-state index in [2.05, 4.69) is 27.9 Å². The molecule has 0 atom stereocenters. The maximum atomic E-state index is 11.2. The zero-order valence-corrected chi connectivity index (χ0v) is 12.8. The first kappa shape index (κ1) is 14.1. The summed E-state index contributed by atoms with van der Waals surface area (Å²) in [5.41, 5.74) is 7.64. The number of sulfonamides is 1. The molecule has 2 rings (SSSR count). The van der Waals surface area contributed by atoms with Crippen molar-refractivity contribution in [2.45, 2.75) is 4.90 Å². The standard InChI is InChI=1S/C12H12IN3O2S/c13-8-1-3-9(4-2-8)16-12-6-5-10(7-11(12)14)19(15,17)18/h1-7,16H,14H2,(H2,15,17,18). The van der Waals surface area contributed by atoms with E-state index in [0.29, 0.717) is 11.4 Å². The molecule has 0 aliphatic heterocycles. The van der Waals surface area contributed by atoms with Gasteiger partial charge >= 0.3 is 0 Å². The molecule has 0 saturated carbocycles. The Labute approximate surface area is 125 Å². The summed E-state index contributed by atoms with van der Waals surface area (Å²) in [5.74, 6) is 0. The lowest BCUT2D eigenvalue weighted by molar-refractivity contribution is 0.598. The Bertz CT molecular complexity index is 699. The fourth-order valence-corrected chi connectivity index (χ4v) is 2.43. The van der Waals surface area contributed by atoms with Crippen LogP contribution in [0.4, 0.5) is 17.1 Å². The summed E-state index contributed by atoms with van der Waals surface area (Å²) < 4.78 is 23.5. The van der Waals surface area contributed by atoms with Gasteiger partial charge in [0.15, 0.2) is 0 Å². The number of nitrogens with one attached hydrogen (secondary N) is 1. The van der Waals surface area contributed by atoms with Gasteiger partial charge in [-0.25, -0.2) is 13.6 Å². The first-order chi connectivity index (χ1) is 8.86. The predicted molar refractivity (Wildman–Crippen MR) is 84.7 cm³/mol. The summed E-state index contributed by atoms with van der Waals surface area (Å²) in [6.45, 7) is 0. The lowest BCUT2D eigenvalue weighted by Gasteiger charge is -2.10. The first-order valence-electron chi connectivity index (χ1n) is 5.31. The number of nitrogen functional groups attached to an aromatic ring is 1. The topological polar surface area (TPSA) is 98.2 Å². The second-order valence-corrected chi connectivity index (χ2v) is 6.73. The summed E-state index contributed by atoms with van der Waals surface area (Å²) in [4.78, 5) is -0.00170. The monoisotopic (exact) mass is 389 g/mol. The molecule has 100 valence electrons. The van der Waals surface area contributed by atoms with Crippen LogP contribution in [-0.4, -0.2) is 8.42 Å². The maximum Gasteiger partial charge on any atom is 0.238 e. The van der Waals surface area contributed by atoms with E-state index in [-0.39, 0.29) is 4.90 Å². The van der Waals surface area contributed by atoms with E-state index in [9.17, 15) is 8.42 Å². The number of hydrogen-bond donors (Lipinski definition) is 3. The van der Waals surface area contributed by atoms with Gasteiger partial charge in [0.2, 0.25) is 10.0 Å². The molecule has 0 aliphatic rings. The highest BCUT2D eigenvalue weighted by atomic mass is 127. The molecule has 5 nitrogen and oxygen atoms in total. The third-order valence-electron chi connectivity index (χ3n) is 2.47. The molecule has 2 aromatic rings. The number of hydrogen-bond acceptors (Lipinski definition) is 4. The Morgan fingerprint density at radius 3 is 2.21 bits per heavy atom. The van der Waals surface area contributed by atoms with Gasteiger partial charge in [0.25, 0.3) is 0 Å². The van der Waals surface area contributed by atoms with E-state index >= 15 is 0 Å². The smallest absolute Gasteiger partial charge is 0.238 e. The SMILES string of the molecule is Nc1cc(S(N)(=O)=O)ccc1Nc1ccc(I)cc1. The molecular formula is C12H12IN3O2S. The third kappa shape index (κ3) is 3.58. The van der Waals surface area contributed by atoms with Crippen LogP contribution in [0.5, 0.6) is 0 Å². The van der Waals surface area contributed by atoms with Crippen LogP contribution in [0.25, 0.3) is 0 Å². The highest BCUT2D eigenvalue weighted by Crippen LogP contribution is 2.25. The van der Waals surface area contributed by atoms with Crippen LogP contribution in [0.2, 0.25) is 0 Å². The van der Waals surface area contributed by atoms with Crippen molar-refractivity contribution in [3.05, 3.63) is 46.0 Å². The van der Waals surface area contributed by atoms with Crippen molar-refractivity contribution in [1.29, 1.82) is 0 Å². The Morgan fingerprint density at radius 1 is 1.05 bits per heavy atom. The molecule has 5 N–H and O–H groups in total. The van der Waals surface area contributed by atoms with Gasteiger partial charge in [0.1, 0.15) is 0 Å². The minimum Gasteiger partial charge on any atom is -0.397 e. The summed E-state index contributed by atoms with van der Waals surface area (Å²) in [6, 6.07) is 12.1. The molecule has 0 heterocycles. The van der Waals surface area contributed by atoms with E-state index in [1.165, 1.54) is 12.1 Å². The van der Waals surface area contributed by atoms with Crippen molar-refractivity contribution < 1.29 is 8.42 Å². The zero-order chi connectivity index (χ0) is 14.0. The van der Waals surface area contributed by atoms with E-state index < -0.39 is 10.0 Å². The van der Waals surface area contributed by atoms with Gasteiger partial charge < -0.3 is 11.1 Å². The average Bonchev–Trinajstić information content (AvgIpc) is 2.33. The summed E-state index contributed by atoms with van der Waals surface area (Å²) in [5, 5.41) is 8.15. The van der Waals surface area contributed by atoms with E-state index in [4.69, 9.17) is 10.9 Å². The zero-order valence-electron chi connectivity index (χ0n) is 9.80. The van der Waals surface area contributed by atoms with Crippen molar-refractivity contribution in [2.24, 2.45) is 5.14 Å². The number of anilines is 3. The molecule has 0 aromatic heterocycles. The molecule has 0 saturated heterocycles. The average molecular weight is 389 g/mol. The summed E-state index contributed by atoms with van der Waals surface area (Å²) >= 11 is 2.21. The molecule has 0 fully saturated rings. The van der Waals surface area contributed by atoms with Crippen LogP contribution < -0.4 is 16.2 Å². The van der Waals surface area contributed by atoms with Crippen LogP contribution >= 0.6 is 22.6 Å². The number of benzene rings is 2. The van der Waals surface area contributed by atoms with E-state index in [0.717, 1.165) is 9.26 Å². The van der Waals surface area contributed by atoms with E-state index in [1.54, 1.807) is 6.07 Å². The minimum atomic E-state index is -3.73. The third-order valence-corrected chi connectivity index (χ3v) is 4.10. The van der Waals surface area contributed by atoms with Gasteiger partial charge in [-0.3, -0.25) is 0 Å². The Balaban J connectivity index is 2.29. The van der Waals surface area contributed by atoms with Crippen LogP contribution in [0, 0.1) is 3.57 Å². The molecule has 0 radical (unpaired) electrons. The predicted octanol–water partition coefficient (Wildman–Crippen LogP) is 2.26.